The monoisotopic (exact) mass is 410 g/mol. The highest BCUT2D eigenvalue weighted by Gasteiger charge is 2.31. The molecule has 0 fully saturated rings. The Labute approximate surface area is 175 Å². The van der Waals surface area contributed by atoms with Gasteiger partial charge in [0.1, 0.15) is 12.3 Å². The molecule has 29 heavy (non-hydrogen) atoms. The quantitative estimate of drug-likeness (QED) is 0.562. The first-order valence-electron chi connectivity index (χ1n) is 9.54. The number of thiophene rings is 1. The molecule has 0 aliphatic carbocycles. The SMILES string of the molecule is CC(C)(C)N(CC(=O)N(Cc1ccccc1)Cc1ccco1)C(=O)c1cccs1. The van der Waals surface area contributed by atoms with E-state index >= 15 is 0 Å². The van der Waals surface area contributed by atoms with Crippen LogP contribution in [0.1, 0.15) is 41.8 Å². The van der Waals surface area contributed by atoms with E-state index in [0.717, 1.165) is 5.56 Å². The Balaban J connectivity index is 1.81. The van der Waals surface area contributed by atoms with Crippen molar-refractivity contribution in [2.24, 2.45) is 0 Å². The number of amides is 2. The molecule has 0 atom stereocenters. The summed E-state index contributed by atoms with van der Waals surface area (Å²) in [6, 6.07) is 17.1. The number of hydrogen-bond acceptors (Lipinski definition) is 4. The molecule has 0 bridgehead atoms. The van der Waals surface area contributed by atoms with Gasteiger partial charge in [-0.05, 0) is 49.9 Å². The minimum atomic E-state index is -0.486. The van der Waals surface area contributed by atoms with E-state index in [1.807, 2.05) is 74.7 Å². The minimum absolute atomic E-state index is 0.00771. The third kappa shape index (κ3) is 5.57. The van der Waals surface area contributed by atoms with Crippen LogP contribution in [0.4, 0.5) is 0 Å². The molecule has 152 valence electrons. The fraction of sp³-hybridized carbons (Fsp3) is 0.304. The van der Waals surface area contributed by atoms with E-state index in [4.69, 9.17) is 4.42 Å². The molecule has 2 amide bonds. The first-order valence-corrected chi connectivity index (χ1v) is 10.4. The fourth-order valence-electron chi connectivity index (χ4n) is 3.01. The standard InChI is InChI=1S/C23H26N2O3S/c1-23(2,3)25(22(27)20-12-8-14-29-20)17-21(26)24(16-19-11-7-13-28-19)15-18-9-5-4-6-10-18/h4-14H,15-17H2,1-3H3. The van der Waals surface area contributed by atoms with Crippen LogP contribution >= 0.6 is 11.3 Å². The van der Waals surface area contributed by atoms with Crippen molar-refractivity contribution in [2.45, 2.75) is 39.4 Å². The predicted octanol–water partition coefficient (Wildman–Crippen LogP) is 4.81. The van der Waals surface area contributed by atoms with Gasteiger partial charge in [-0.15, -0.1) is 11.3 Å². The molecular weight excluding hydrogens is 384 g/mol. The maximum atomic E-state index is 13.3. The van der Waals surface area contributed by atoms with Crippen LogP contribution in [-0.4, -0.2) is 33.7 Å². The van der Waals surface area contributed by atoms with E-state index in [9.17, 15) is 9.59 Å². The summed E-state index contributed by atoms with van der Waals surface area (Å²) in [5.74, 6) is 0.463. The lowest BCUT2D eigenvalue weighted by Gasteiger charge is -2.36. The van der Waals surface area contributed by atoms with Crippen molar-refractivity contribution in [3.63, 3.8) is 0 Å². The Morgan fingerprint density at radius 2 is 1.72 bits per heavy atom. The van der Waals surface area contributed by atoms with E-state index < -0.39 is 5.54 Å². The largest absolute Gasteiger partial charge is 0.467 e. The van der Waals surface area contributed by atoms with E-state index in [0.29, 0.717) is 23.7 Å². The van der Waals surface area contributed by atoms with Gasteiger partial charge in [-0.1, -0.05) is 36.4 Å². The summed E-state index contributed by atoms with van der Waals surface area (Å²) >= 11 is 1.39. The zero-order valence-electron chi connectivity index (χ0n) is 17.0. The molecule has 3 rings (SSSR count). The van der Waals surface area contributed by atoms with Gasteiger partial charge in [0.15, 0.2) is 0 Å². The highest BCUT2D eigenvalue weighted by atomic mass is 32.1. The van der Waals surface area contributed by atoms with Gasteiger partial charge in [0.05, 0.1) is 17.7 Å². The van der Waals surface area contributed by atoms with Crippen LogP contribution < -0.4 is 0 Å². The molecule has 0 radical (unpaired) electrons. The lowest BCUT2D eigenvalue weighted by atomic mass is 10.1. The average Bonchev–Trinajstić information content (AvgIpc) is 3.39. The second kappa shape index (κ2) is 9.09. The first kappa shape index (κ1) is 20.9. The molecule has 0 saturated carbocycles. The fourth-order valence-corrected chi connectivity index (χ4v) is 3.68. The Morgan fingerprint density at radius 3 is 2.31 bits per heavy atom. The predicted molar refractivity (Wildman–Crippen MR) is 115 cm³/mol. The van der Waals surface area contributed by atoms with Gasteiger partial charge < -0.3 is 14.2 Å². The van der Waals surface area contributed by atoms with Gasteiger partial charge in [-0.25, -0.2) is 0 Å². The van der Waals surface area contributed by atoms with Crippen molar-refractivity contribution in [3.8, 4) is 0 Å². The summed E-state index contributed by atoms with van der Waals surface area (Å²) in [5, 5.41) is 1.87. The normalized spacial score (nSPS) is 11.3. The molecule has 0 aliphatic rings. The van der Waals surface area contributed by atoms with Crippen molar-refractivity contribution in [2.75, 3.05) is 6.54 Å². The van der Waals surface area contributed by atoms with Gasteiger partial charge >= 0.3 is 0 Å². The zero-order valence-corrected chi connectivity index (χ0v) is 17.8. The lowest BCUT2D eigenvalue weighted by Crippen LogP contribution is -2.50. The Kier molecular flexibility index (Phi) is 6.54. The number of nitrogens with zero attached hydrogens (tertiary/aromatic N) is 2. The van der Waals surface area contributed by atoms with E-state index in [2.05, 4.69) is 0 Å². The molecule has 0 saturated heterocycles. The second-order valence-electron chi connectivity index (χ2n) is 7.85. The highest BCUT2D eigenvalue weighted by molar-refractivity contribution is 7.12. The summed E-state index contributed by atoms with van der Waals surface area (Å²) in [4.78, 5) is 30.3. The molecule has 0 aliphatic heterocycles. The molecule has 6 heteroatoms. The summed E-state index contributed by atoms with van der Waals surface area (Å²) < 4.78 is 5.46. The van der Waals surface area contributed by atoms with Gasteiger partial charge in [0, 0.05) is 12.1 Å². The third-order valence-corrected chi connectivity index (χ3v) is 5.43. The molecule has 1 aromatic carbocycles. The van der Waals surface area contributed by atoms with E-state index in [1.54, 1.807) is 22.1 Å². The number of furan rings is 1. The highest BCUT2D eigenvalue weighted by Crippen LogP contribution is 2.21. The Hall–Kier alpha value is -2.86. The number of rotatable bonds is 7. The lowest BCUT2D eigenvalue weighted by molar-refractivity contribution is -0.134. The average molecular weight is 411 g/mol. The van der Waals surface area contributed by atoms with Crippen LogP contribution in [0.2, 0.25) is 0 Å². The molecule has 2 heterocycles. The van der Waals surface area contributed by atoms with E-state index in [1.165, 1.54) is 11.3 Å². The summed E-state index contributed by atoms with van der Waals surface area (Å²) in [6.45, 7) is 6.64. The molecular formula is C23H26N2O3S. The number of hydrogen-bond donors (Lipinski definition) is 0. The smallest absolute Gasteiger partial charge is 0.264 e. The van der Waals surface area contributed by atoms with Gasteiger partial charge in [0.25, 0.3) is 5.91 Å². The number of carbonyl (C=O) groups excluding carboxylic acids is 2. The van der Waals surface area contributed by atoms with Crippen LogP contribution in [0.5, 0.6) is 0 Å². The maximum Gasteiger partial charge on any atom is 0.264 e. The molecule has 0 unspecified atom stereocenters. The molecule has 0 N–H and O–H groups in total. The topological polar surface area (TPSA) is 53.8 Å². The number of benzene rings is 1. The molecule has 0 spiro atoms. The van der Waals surface area contributed by atoms with Crippen molar-refractivity contribution >= 4 is 23.2 Å². The summed E-state index contributed by atoms with van der Waals surface area (Å²) in [5.41, 5.74) is 0.541. The van der Waals surface area contributed by atoms with Crippen LogP contribution in [0.3, 0.4) is 0 Å². The van der Waals surface area contributed by atoms with Crippen molar-refractivity contribution in [1.29, 1.82) is 0 Å². The van der Waals surface area contributed by atoms with Gasteiger partial charge in [0.2, 0.25) is 5.91 Å². The number of carbonyl (C=O) groups is 2. The summed E-state index contributed by atoms with van der Waals surface area (Å²) in [6.07, 6.45) is 1.60. The van der Waals surface area contributed by atoms with Gasteiger partial charge in [-0.2, -0.15) is 0 Å². The van der Waals surface area contributed by atoms with Crippen molar-refractivity contribution < 1.29 is 14.0 Å². The van der Waals surface area contributed by atoms with Crippen LogP contribution in [0.15, 0.2) is 70.7 Å². The molecule has 5 nitrogen and oxygen atoms in total. The van der Waals surface area contributed by atoms with Crippen molar-refractivity contribution in [3.05, 3.63) is 82.4 Å². The van der Waals surface area contributed by atoms with Crippen molar-refractivity contribution in [1.82, 2.24) is 9.80 Å². The van der Waals surface area contributed by atoms with Crippen LogP contribution in [0, 0.1) is 0 Å². The minimum Gasteiger partial charge on any atom is -0.467 e. The third-order valence-electron chi connectivity index (χ3n) is 4.58. The molecule has 2 aromatic heterocycles. The van der Waals surface area contributed by atoms with Gasteiger partial charge in [-0.3, -0.25) is 9.59 Å². The van der Waals surface area contributed by atoms with E-state index in [-0.39, 0.29) is 18.4 Å². The second-order valence-corrected chi connectivity index (χ2v) is 8.80. The maximum absolute atomic E-state index is 13.3. The zero-order chi connectivity index (χ0) is 20.9. The Bertz CT molecular complexity index is 913. The summed E-state index contributed by atoms with van der Waals surface area (Å²) in [7, 11) is 0. The van der Waals surface area contributed by atoms with Crippen LogP contribution in [0.25, 0.3) is 0 Å². The first-order chi connectivity index (χ1) is 13.8. The van der Waals surface area contributed by atoms with Crippen LogP contribution in [-0.2, 0) is 17.9 Å². The Morgan fingerprint density at radius 1 is 0.966 bits per heavy atom. The molecule has 3 aromatic rings.